The molecule has 2 heterocycles. The summed E-state index contributed by atoms with van der Waals surface area (Å²) < 4.78 is 14.9. The van der Waals surface area contributed by atoms with Crippen LogP contribution >= 0.6 is 0 Å². The number of para-hydroxylation sites is 2. The highest BCUT2D eigenvalue weighted by molar-refractivity contribution is 7.00. The molecule has 0 aliphatic carbocycles. The summed E-state index contributed by atoms with van der Waals surface area (Å²) in [7, 11) is 0. The average Bonchev–Trinajstić information content (AvgIpc) is 3.52. The largest absolute Gasteiger partial charge is 0.458 e. The number of ether oxygens (including phenoxy) is 2. The zero-order valence-electron chi connectivity index (χ0n) is 42.1. The Hall–Kier alpha value is -8.59. The van der Waals surface area contributed by atoms with Crippen molar-refractivity contribution in [2.45, 2.75) is 39.5 Å². The maximum atomic E-state index is 7.46. The van der Waals surface area contributed by atoms with Gasteiger partial charge in [0.1, 0.15) is 23.0 Å². The molecule has 74 heavy (non-hydrogen) atoms. The molecule has 0 unspecified atom stereocenters. The molecular formula is C70H52B2O2. The molecule has 2 aliphatic rings. The fourth-order valence-electron chi connectivity index (χ4n) is 13.2. The van der Waals surface area contributed by atoms with Crippen molar-refractivity contribution in [1.29, 1.82) is 0 Å². The van der Waals surface area contributed by atoms with E-state index in [1.165, 1.54) is 110 Å². The normalized spacial score (nSPS) is 12.7. The summed E-state index contributed by atoms with van der Waals surface area (Å²) in [5.74, 6) is 3.99. The molecule has 350 valence electrons. The average molecular weight is 947 g/mol. The van der Waals surface area contributed by atoms with Crippen molar-refractivity contribution >= 4 is 78.5 Å². The number of hydrogen-bond donors (Lipinski definition) is 0. The van der Waals surface area contributed by atoms with E-state index in [-0.39, 0.29) is 25.3 Å². The van der Waals surface area contributed by atoms with E-state index < -0.39 is 0 Å². The third kappa shape index (κ3) is 6.74. The van der Waals surface area contributed by atoms with E-state index in [1.807, 2.05) is 0 Å². The van der Waals surface area contributed by atoms with Crippen molar-refractivity contribution < 1.29 is 9.47 Å². The molecule has 0 saturated carbocycles. The Morgan fingerprint density at radius 1 is 0.284 bits per heavy atom. The van der Waals surface area contributed by atoms with Crippen LogP contribution in [0.2, 0.25) is 0 Å². The highest BCUT2D eigenvalue weighted by Crippen LogP contribution is 2.49. The molecule has 0 N–H and O–H groups in total. The summed E-state index contributed by atoms with van der Waals surface area (Å²) in [5.41, 5.74) is 19.7. The maximum Gasteiger partial charge on any atom is 0.252 e. The minimum atomic E-state index is -0.135. The molecule has 0 saturated heterocycles. The van der Waals surface area contributed by atoms with Crippen molar-refractivity contribution in [2.24, 2.45) is 0 Å². The predicted molar refractivity (Wildman–Crippen MR) is 315 cm³/mol. The van der Waals surface area contributed by atoms with Crippen LogP contribution in [0.25, 0.3) is 76.8 Å². The number of fused-ring (bicyclic) bond motifs is 6. The van der Waals surface area contributed by atoms with Crippen molar-refractivity contribution in [3.63, 3.8) is 0 Å². The fraction of sp³-hybridized carbons (Fsp3) is 0.0857. The smallest absolute Gasteiger partial charge is 0.252 e. The lowest BCUT2D eigenvalue weighted by Crippen LogP contribution is -2.57. The summed E-state index contributed by atoms with van der Waals surface area (Å²) in [4.78, 5) is 0. The zero-order chi connectivity index (χ0) is 49.6. The quantitative estimate of drug-likeness (QED) is 0.112. The lowest BCUT2D eigenvalue weighted by atomic mass is 9.32. The van der Waals surface area contributed by atoms with Gasteiger partial charge in [-0.2, -0.15) is 0 Å². The molecule has 0 bridgehead atoms. The van der Waals surface area contributed by atoms with Gasteiger partial charge in [0, 0.05) is 21.5 Å². The van der Waals surface area contributed by atoms with Crippen molar-refractivity contribution in [3.05, 3.63) is 242 Å². The molecule has 0 amide bonds. The van der Waals surface area contributed by atoms with Gasteiger partial charge in [-0.25, -0.2) is 0 Å². The van der Waals surface area contributed by atoms with Crippen molar-refractivity contribution in [1.82, 2.24) is 0 Å². The molecular weight excluding hydrogens is 894 g/mol. The number of hydrogen-bond acceptors (Lipinski definition) is 2. The lowest BCUT2D eigenvalue weighted by Gasteiger charge is -2.36. The van der Waals surface area contributed by atoms with E-state index >= 15 is 0 Å². The highest BCUT2D eigenvalue weighted by atomic mass is 16.5. The van der Waals surface area contributed by atoms with Gasteiger partial charge in [-0.15, -0.1) is 0 Å². The van der Waals surface area contributed by atoms with E-state index in [2.05, 4.69) is 258 Å². The minimum absolute atomic E-state index is 0.135. The molecule has 2 nitrogen and oxygen atoms in total. The van der Waals surface area contributed by atoms with Crippen LogP contribution in [-0.2, 0) is 0 Å². The second-order valence-corrected chi connectivity index (χ2v) is 20.8. The van der Waals surface area contributed by atoms with Crippen LogP contribution in [0, 0.1) is 0 Å². The van der Waals surface area contributed by atoms with Gasteiger partial charge < -0.3 is 9.47 Å². The number of rotatable bonds is 8. The topological polar surface area (TPSA) is 18.5 Å². The molecule has 14 rings (SSSR count). The Balaban J connectivity index is 1.10. The lowest BCUT2D eigenvalue weighted by molar-refractivity contribution is 0.492. The summed E-state index contributed by atoms with van der Waals surface area (Å²) >= 11 is 0. The van der Waals surface area contributed by atoms with Crippen LogP contribution in [0.15, 0.2) is 231 Å². The van der Waals surface area contributed by atoms with Crippen LogP contribution in [0.5, 0.6) is 23.0 Å². The van der Waals surface area contributed by atoms with E-state index in [0.717, 1.165) is 33.8 Å². The van der Waals surface area contributed by atoms with Gasteiger partial charge in [0.05, 0.1) is 0 Å². The van der Waals surface area contributed by atoms with Crippen LogP contribution < -0.4 is 42.3 Å². The predicted octanol–water partition coefficient (Wildman–Crippen LogP) is 14.7. The molecule has 4 heteroatoms. The molecule has 0 radical (unpaired) electrons. The van der Waals surface area contributed by atoms with Gasteiger partial charge >= 0.3 is 0 Å². The third-order valence-electron chi connectivity index (χ3n) is 16.0. The Morgan fingerprint density at radius 3 is 0.905 bits per heavy atom. The molecule has 0 aromatic heterocycles. The van der Waals surface area contributed by atoms with Gasteiger partial charge in [0.25, 0.3) is 13.4 Å². The second kappa shape index (κ2) is 17.6. The Kier molecular flexibility index (Phi) is 10.5. The van der Waals surface area contributed by atoms with Gasteiger partial charge in [-0.05, 0) is 124 Å². The summed E-state index contributed by atoms with van der Waals surface area (Å²) in [6.07, 6.45) is 0. The van der Waals surface area contributed by atoms with Gasteiger partial charge in [0.2, 0.25) is 0 Å². The minimum Gasteiger partial charge on any atom is -0.458 e. The molecule has 2 aliphatic heterocycles. The Labute approximate surface area is 434 Å². The maximum absolute atomic E-state index is 7.46. The van der Waals surface area contributed by atoms with E-state index in [0.29, 0.717) is 0 Å². The van der Waals surface area contributed by atoms with Crippen LogP contribution in [-0.4, -0.2) is 13.4 Å². The van der Waals surface area contributed by atoms with Crippen LogP contribution in [0.4, 0.5) is 0 Å². The molecule has 12 aromatic rings. The van der Waals surface area contributed by atoms with Crippen molar-refractivity contribution in [2.75, 3.05) is 0 Å². The summed E-state index contributed by atoms with van der Waals surface area (Å²) in [6, 6.07) is 84.6. The van der Waals surface area contributed by atoms with Gasteiger partial charge in [-0.1, -0.05) is 245 Å². The first kappa shape index (κ1) is 44.1. The van der Waals surface area contributed by atoms with E-state index in [1.54, 1.807) is 0 Å². The van der Waals surface area contributed by atoms with E-state index in [4.69, 9.17) is 9.47 Å². The van der Waals surface area contributed by atoms with Gasteiger partial charge in [0.15, 0.2) is 0 Å². The molecule has 12 aromatic carbocycles. The summed E-state index contributed by atoms with van der Waals surface area (Å²) in [6.45, 7) is 9.20. The SMILES string of the molecule is CC(C)c1c2c(c3ccc4c(C(C)C)c5c(c6ccc1c3c64)Oc1ccccc1B5c1c(-c3ccccc3)cccc1-c1ccccc1)Oc1ccccc1B2c1c(-c2ccccc2)cccc1-c1ccccc1. The highest BCUT2D eigenvalue weighted by Gasteiger charge is 2.43. The van der Waals surface area contributed by atoms with Crippen LogP contribution in [0.3, 0.4) is 0 Å². The Morgan fingerprint density at radius 2 is 0.581 bits per heavy atom. The number of benzene rings is 12. The third-order valence-corrected chi connectivity index (χ3v) is 16.0. The fourth-order valence-corrected chi connectivity index (χ4v) is 13.2. The van der Waals surface area contributed by atoms with Crippen LogP contribution in [0.1, 0.15) is 50.7 Å². The monoisotopic (exact) mass is 946 g/mol. The molecule has 0 spiro atoms. The second-order valence-electron chi connectivity index (χ2n) is 20.8. The molecule has 0 atom stereocenters. The first-order valence-electron chi connectivity index (χ1n) is 26.3. The standard InChI is InChI=1S/C70H52B2O2/c1-43(2)61-53-39-41-56-64-54(62(44(3)4)68-70(56)74-60-38-20-18-36-58(60)72(68)66-51(47-27-13-7-14-28-47)33-22-34-52(66)48-29-15-8-16-30-48)40-42-55(63(53)64)69-67(61)71(57-35-17-19-37-59(57)73-69)65-49(45-23-9-5-10-24-45)31-21-32-50(65)46-25-11-6-12-26-46/h5-44H,1-4H3. The zero-order valence-corrected chi connectivity index (χ0v) is 42.1. The van der Waals surface area contributed by atoms with E-state index in [9.17, 15) is 0 Å². The first-order chi connectivity index (χ1) is 36.4. The van der Waals surface area contributed by atoms with Crippen molar-refractivity contribution in [3.8, 4) is 67.5 Å². The summed E-state index contributed by atoms with van der Waals surface area (Å²) in [5, 5.41) is 7.25. The Bertz CT molecular complexity index is 3740. The first-order valence-corrected chi connectivity index (χ1v) is 26.3. The van der Waals surface area contributed by atoms with Gasteiger partial charge in [-0.3, -0.25) is 0 Å². The molecule has 0 fully saturated rings.